The molecule has 2 aromatic rings. The van der Waals surface area contributed by atoms with Crippen molar-refractivity contribution in [2.24, 2.45) is 0 Å². The first-order chi connectivity index (χ1) is 9.56. The standard InChI is InChI=1S/C16H17NO3/c1-11(18)12-6-4-7-14(9-12)17-16(20)10-13-5-2-3-8-15(13)19/h2-9,11,18-19H,10H2,1H3,(H,17,20). The van der Waals surface area contributed by atoms with Crippen molar-refractivity contribution in [3.63, 3.8) is 0 Å². The molecule has 1 unspecified atom stereocenters. The van der Waals surface area contributed by atoms with Crippen LogP contribution in [-0.4, -0.2) is 16.1 Å². The number of para-hydroxylation sites is 1. The topological polar surface area (TPSA) is 69.6 Å². The molecule has 4 heteroatoms. The highest BCUT2D eigenvalue weighted by atomic mass is 16.3. The summed E-state index contributed by atoms with van der Waals surface area (Å²) in [4.78, 5) is 11.9. The highest BCUT2D eigenvalue weighted by molar-refractivity contribution is 5.92. The van der Waals surface area contributed by atoms with Gasteiger partial charge in [0.15, 0.2) is 0 Å². The summed E-state index contributed by atoms with van der Waals surface area (Å²) in [6.45, 7) is 1.67. The molecule has 3 N–H and O–H groups in total. The van der Waals surface area contributed by atoms with Crippen LogP contribution in [0.5, 0.6) is 5.75 Å². The van der Waals surface area contributed by atoms with E-state index in [0.29, 0.717) is 11.3 Å². The number of anilines is 1. The summed E-state index contributed by atoms with van der Waals surface area (Å²) >= 11 is 0. The van der Waals surface area contributed by atoms with Crippen molar-refractivity contribution in [3.05, 3.63) is 59.7 Å². The predicted molar refractivity (Wildman–Crippen MR) is 77.5 cm³/mol. The number of phenols is 1. The first kappa shape index (κ1) is 14.1. The second kappa shape index (κ2) is 6.21. The lowest BCUT2D eigenvalue weighted by Gasteiger charge is -2.09. The second-order valence-corrected chi connectivity index (χ2v) is 4.66. The Kier molecular flexibility index (Phi) is 4.38. The second-order valence-electron chi connectivity index (χ2n) is 4.66. The van der Waals surface area contributed by atoms with Crippen LogP contribution < -0.4 is 5.32 Å². The Morgan fingerprint density at radius 3 is 2.65 bits per heavy atom. The van der Waals surface area contributed by atoms with E-state index in [1.54, 1.807) is 55.5 Å². The molecule has 2 aromatic carbocycles. The normalized spacial score (nSPS) is 11.9. The summed E-state index contributed by atoms with van der Waals surface area (Å²) in [5.41, 5.74) is 1.95. The van der Waals surface area contributed by atoms with Gasteiger partial charge in [-0.1, -0.05) is 30.3 Å². The van der Waals surface area contributed by atoms with E-state index in [4.69, 9.17) is 0 Å². The maximum Gasteiger partial charge on any atom is 0.228 e. The van der Waals surface area contributed by atoms with Gasteiger partial charge < -0.3 is 15.5 Å². The van der Waals surface area contributed by atoms with Crippen LogP contribution in [0.15, 0.2) is 48.5 Å². The van der Waals surface area contributed by atoms with Crippen molar-refractivity contribution in [2.45, 2.75) is 19.4 Å². The van der Waals surface area contributed by atoms with Crippen molar-refractivity contribution >= 4 is 11.6 Å². The molecule has 4 nitrogen and oxygen atoms in total. The number of carbonyl (C=O) groups excluding carboxylic acids is 1. The molecule has 2 rings (SSSR count). The smallest absolute Gasteiger partial charge is 0.228 e. The molecule has 0 bridgehead atoms. The zero-order valence-corrected chi connectivity index (χ0v) is 11.2. The molecule has 0 fully saturated rings. The van der Waals surface area contributed by atoms with E-state index in [9.17, 15) is 15.0 Å². The quantitative estimate of drug-likeness (QED) is 0.800. The Morgan fingerprint density at radius 2 is 1.95 bits per heavy atom. The van der Waals surface area contributed by atoms with Crippen LogP contribution in [0.25, 0.3) is 0 Å². The highest BCUT2D eigenvalue weighted by Crippen LogP contribution is 2.19. The molecule has 0 saturated heterocycles. The molecule has 1 atom stereocenters. The van der Waals surface area contributed by atoms with Gasteiger partial charge >= 0.3 is 0 Å². The summed E-state index contributed by atoms with van der Waals surface area (Å²) in [6.07, 6.45) is -0.476. The van der Waals surface area contributed by atoms with Gasteiger partial charge in [-0.25, -0.2) is 0 Å². The Morgan fingerprint density at radius 1 is 1.20 bits per heavy atom. The molecule has 104 valence electrons. The van der Waals surface area contributed by atoms with E-state index in [-0.39, 0.29) is 18.1 Å². The monoisotopic (exact) mass is 271 g/mol. The molecular weight excluding hydrogens is 254 g/mol. The van der Waals surface area contributed by atoms with Gasteiger partial charge in [0.2, 0.25) is 5.91 Å². The minimum atomic E-state index is -0.579. The number of aliphatic hydroxyl groups excluding tert-OH is 1. The molecule has 0 aromatic heterocycles. The largest absolute Gasteiger partial charge is 0.508 e. The van der Waals surface area contributed by atoms with Crippen LogP contribution >= 0.6 is 0 Å². The fourth-order valence-electron chi connectivity index (χ4n) is 1.91. The zero-order valence-electron chi connectivity index (χ0n) is 11.2. The minimum absolute atomic E-state index is 0.103. The number of hydrogen-bond donors (Lipinski definition) is 3. The van der Waals surface area contributed by atoms with Crippen molar-refractivity contribution < 1.29 is 15.0 Å². The van der Waals surface area contributed by atoms with Crippen LogP contribution in [0.1, 0.15) is 24.2 Å². The number of aromatic hydroxyl groups is 1. The van der Waals surface area contributed by atoms with Gasteiger partial charge in [-0.15, -0.1) is 0 Å². The average Bonchev–Trinajstić information content (AvgIpc) is 2.41. The molecule has 0 aliphatic carbocycles. The van der Waals surface area contributed by atoms with Gasteiger partial charge in [-0.2, -0.15) is 0 Å². The van der Waals surface area contributed by atoms with Crippen molar-refractivity contribution in [3.8, 4) is 5.75 Å². The fourth-order valence-corrected chi connectivity index (χ4v) is 1.91. The van der Waals surface area contributed by atoms with Crippen molar-refractivity contribution in [2.75, 3.05) is 5.32 Å². The van der Waals surface area contributed by atoms with Gasteiger partial charge in [-0.05, 0) is 30.7 Å². The molecule has 0 spiro atoms. The number of amides is 1. The first-order valence-corrected chi connectivity index (χ1v) is 6.41. The van der Waals surface area contributed by atoms with E-state index >= 15 is 0 Å². The third-order valence-electron chi connectivity index (χ3n) is 3.00. The van der Waals surface area contributed by atoms with Crippen LogP contribution in [0, 0.1) is 0 Å². The van der Waals surface area contributed by atoms with E-state index in [1.165, 1.54) is 0 Å². The average molecular weight is 271 g/mol. The maximum atomic E-state index is 11.9. The minimum Gasteiger partial charge on any atom is -0.508 e. The SMILES string of the molecule is CC(O)c1cccc(NC(=O)Cc2ccccc2O)c1. The number of benzene rings is 2. The number of hydrogen-bond acceptors (Lipinski definition) is 3. The number of nitrogens with one attached hydrogen (secondary N) is 1. The number of phenolic OH excluding ortho intramolecular Hbond substituents is 1. The molecular formula is C16H17NO3. The Balaban J connectivity index is 2.05. The number of aliphatic hydroxyl groups is 1. The van der Waals surface area contributed by atoms with Gasteiger partial charge in [0.1, 0.15) is 5.75 Å². The Labute approximate surface area is 117 Å². The molecule has 0 aliphatic heterocycles. The van der Waals surface area contributed by atoms with Gasteiger partial charge in [0, 0.05) is 11.3 Å². The molecule has 0 radical (unpaired) electrons. The third-order valence-corrected chi connectivity index (χ3v) is 3.00. The predicted octanol–water partition coefficient (Wildman–Crippen LogP) is 2.63. The van der Waals surface area contributed by atoms with Gasteiger partial charge in [0.05, 0.1) is 12.5 Å². The molecule has 0 aliphatic rings. The maximum absolute atomic E-state index is 11.9. The van der Waals surface area contributed by atoms with E-state index in [0.717, 1.165) is 5.56 Å². The summed E-state index contributed by atoms with van der Waals surface area (Å²) < 4.78 is 0. The van der Waals surface area contributed by atoms with Crippen molar-refractivity contribution in [1.29, 1.82) is 0 Å². The van der Waals surface area contributed by atoms with Crippen LogP contribution in [-0.2, 0) is 11.2 Å². The lowest BCUT2D eigenvalue weighted by atomic mass is 10.1. The number of carbonyl (C=O) groups is 1. The van der Waals surface area contributed by atoms with E-state index in [1.807, 2.05) is 0 Å². The fraction of sp³-hybridized carbons (Fsp3) is 0.188. The summed E-state index contributed by atoms with van der Waals surface area (Å²) in [7, 11) is 0. The van der Waals surface area contributed by atoms with E-state index < -0.39 is 6.10 Å². The Hall–Kier alpha value is -2.33. The zero-order chi connectivity index (χ0) is 14.5. The van der Waals surface area contributed by atoms with Gasteiger partial charge in [0.25, 0.3) is 0 Å². The molecule has 0 saturated carbocycles. The van der Waals surface area contributed by atoms with Crippen LogP contribution in [0.3, 0.4) is 0 Å². The lowest BCUT2D eigenvalue weighted by Crippen LogP contribution is -2.14. The van der Waals surface area contributed by atoms with Crippen LogP contribution in [0.4, 0.5) is 5.69 Å². The van der Waals surface area contributed by atoms with Crippen LogP contribution in [0.2, 0.25) is 0 Å². The molecule has 20 heavy (non-hydrogen) atoms. The summed E-state index contributed by atoms with van der Waals surface area (Å²) in [5, 5.41) is 21.9. The highest BCUT2D eigenvalue weighted by Gasteiger charge is 2.08. The van der Waals surface area contributed by atoms with Gasteiger partial charge in [-0.3, -0.25) is 4.79 Å². The third kappa shape index (κ3) is 3.59. The number of rotatable bonds is 4. The Bertz CT molecular complexity index is 608. The summed E-state index contributed by atoms with van der Waals surface area (Å²) in [5.74, 6) is -0.102. The molecule has 0 heterocycles. The summed E-state index contributed by atoms with van der Waals surface area (Å²) in [6, 6.07) is 13.8. The lowest BCUT2D eigenvalue weighted by molar-refractivity contribution is -0.115. The first-order valence-electron chi connectivity index (χ1n) is 6.41. The van der Waals surface area contributed by atoms with Crippen molar-refractivity contribution in [1.82, 2.24) is 0 Å². The van der Waals surface area contributed by atoms with E-state index in [2.05, 4.69) is 5.32 Å². The molecule has 1 amide bonds.